The highest BCUT2D eigenvalue weighted by atomic mass is 35.5. The second-order valence-corrected chi connectivity index (χ2v) is 7.40. The summed E-state index contributed by atoms with van der Waals surface area (Å²) in [7, 11) is 1.68. The van der Waals surface area contributed by atoms with Gasteiger partial charge in [0.2, 0.25) is 5.91 Å². The molecular formula is C20H23Cl2N3O2. The van der Waals surface area contributed by atoms with E-state index < -0.39 is 0 Å². The number of amides is 1. The first-order valence-corrected chi connectivity index (χ1v) is 9.61. The van der Waals surface area contributed by atoms with E-state index in [-0.39, 0.29) is 5.91 Å². The summed E-state index contributed by atoms with van der Waals surface area (Å²) in [5.41, 5.74) is 1.89. The van der Waals surface area contributed by atoms with Crippen molar-refractivity contribution in [2.75, 3.05) is 45.2 Å². The second kappa shape index (κ2) is 9.42. The Morgan fingerprint density at radius 1 is 1.04 bits per heavy atom. The van der Waals surface area contributed by atoms with Gasteiger partial charge < -0.3 is 10.1 Å². The molecule has 0 atom stereocenters. The Morgan fingerprint density at radius 2 is 1.78 bits per heavy atom. The van der Waals surface area contributed by atoms with Gasteiger partial charge in [-0.2, -0.15) is 0 Å². The van der Waals surface area contributed by atoms with Crippen LogP contribution in [-0.4, -0.2) is 55.5 Å². The quantitative estimate of drug-likeness (QED) is 0.791. The number of ether oxygens (including phenoxy) is 1. The van der Waals surface area contributed by atoms with Crippen LogP contribution in [0.2, 0.25) is 10.0 Å². The lowest BCUT2D eigenvalue weighted by molar-refractivity contribution is -0.117. The molecule has 0 bridgehead atoms. The van der Waals surface area contributed by atoms with Crippen molar-refractivity contribution < 1.29 is 9.53 Å². The Morgan fingerprint density at radius 3 is 2.48 bits per heavy atom. The summed E-state index contributed by atoms with van der Waals surface area (Å²) in [5, 5.41) is 3.77. The summed E-state index contributed by atoms with van der Waals surface area (Å²) in [5.74, 6) is 0.833. The van der Waals surface area contributed by atoms with Crippen LogP contribution in [0.25, 0.3) is 0 Å². The minimum absolute atomic E-state index is 0.0466. The smallest absolute Gasteiger partial charge is 0.238 e. The molecule has 1 aliphatic heterocycles. The highest BCUT2D eigenvalue weighted by Crippen LogP contribution is 2.25. The van der Waals surface area contributed by atoms with E-state index in [0.29, 0.717) is 22.3 Å². The lowest BCUT2D eigenvalue weighted by atomic mass is 10.2. The predicted octanol–water partition coefficient (Wildman–Crippen LogP) is 3.76. The Balaban J connectivity index is 1.44. The number of halogens is 2. The fourth-order valence-corrected chi connectivity index (χ4v) is 3.41. The van der Waals surface area contributed by atoms with E-state index in [1.807, 2.05) is 12.1 Å². The monoisotopic (exact) mass is 407 g/mol. The molecule has 3 rings (SSSR count). The second-order valence-electron chi connectivity index (χ2n) is 6.58. The summed E-state index contributed by atoms with van der Waals surface area (Å²) in [6.45, 7) is 4.83. The van der Waals surface area contributed by atoms with Crippen molar-refractivity contribution in [2.24, 2.45) is 0 Å². The van der Waals surface area contributed by atoms with Gasteiger partial charge in [-0.3, -0.25) is 14.6 Å². The molecule has 0 saturated carbocycles. The molecular weight excluding hydrogens is 385 g/mol. The van der Waals surface area contributed by atoms with Crippen molar-refractivity contribution in [1.29, 1.82) is 0 Å². The number of methoxy groups -OCH3 is 1. The molecule has 7 heteroatoms. The standard InChI is InChI=1S/C20H23Cl2N3O2/c1-27-17-4-2-3-15(11-17)13-24-7-9-25(10-8-24)14-20(26)23-16-5-6-18(21)19(22)12-16/h2-6,11-12H,7-10,13-14H2,1H3,(H,23,26). The average molecular weight is 408 g/mol. The van der Waals surface area contributed by atoms with E-state index >= 15 is 0 Å². The summed E-state index contributed by atoms with van der Waals surface area (Å²) in [6.07, 6.45) is 0. The minimum Gasteiger partial charge on any atom is -0.497 e. The number of nitrogens with one attached hydrogen (secondary N) is 1. The molecule has 1 N–H and O–H groups in total. The van der Waals surface area contributed by atoms with Crippen LogP contribution < -0.4 is 10.1 Å². The molecule has 0 aliphatic carbocycles. The zero-order valence-corrected chi connectivity index (χ0v) is 16.8. The van der Waals surface area contributed by atoms with Crippen LogP contribution in [0.3, 0.4) is 0 Å². The van der Waals surface area contributed by atoms with Crippen LogP contribution in [0, 0.1) is 0 Å². The average Bonchev–Trinajstić information content (AvgIpc) is 2.66. The van der Waals surface area contributed by atoms with Gasteiger partial charge >= 0.3 is 0 Å². The SMILES string of the molecule is COc1cccc(CN2CCN(CC(=O)Nc3ccc(Cl)c(Cl)c3)CC2)c1. The number of carbonyl (C=O) groups is 1. The van der Waals surface area contributed by atoms with E-state index in [1.165, 1.54) is 5.56 Å². The molecule has 0 aromatic heterocycles. The van der Waals surface area contributed by atoms with E-state index in [4.69, 9.17) is 27.9 Å². The Hall–Kier alpha value is -1.79. The van der Waals surface area contributed by atoms with Gasteiger partial charge in [-0.25, -0.2) is 0 Å². The number of carbonyl (C=O) groups excluding carboxylic acids is 1. The lowest BCUT2D eigenvalue weighted by Gasteiger charge is -2.34. The summed E-state index contributed by atoms with van der Waals surface area (Å²) in [4.78, 5) is 16.8. The lowest BCUT2D eigenvalue weighted by Crippen LogP contribution is -2.48. The predicted molar refractivity (Wildman–Crippen MR) is 110 cm³/mol. The molecule has 0 radical (unpaired) electrons. The number of anilines is 1. The van der Waals surface area contributed by atoms with Crippen molar-refractivity contribution >= 4 is 34.8 Å². The van der Waals surface area contributed by atoms with Crippen LogP contribution in [0.1, 0.15) is 5.56 Å². The summed E-state index contributed by atoms with van der Waals surface area (Å²) in [6, 6.07) is 13.2. The van der Waals surface area contributed by atoms with Gasteiger partial charge in [0.1, 0.15) is 5.75 Å². The first-order valence-electron chi connectivity index (χ1n) is 8.86. The maximum Gasteiger partial charge on any atom is 0.238 e. The minimum atomic E-state index is -0.0466. The molecule has 2 aromatic rings. The van der Waals surface area contributed by atoms with Crippen molar-refractivity contribution in [3.8, 4) is 5.75 Å². The largest absolute Gasteiger partial charge is 0.497 e. The van der Waals surface area contributed by atoms with Crippen molar-refractivity contribution in [3.05, 3.63) is 58.1 Å². The number of rotatable bonds is 6. The van der Waals surface area contributed by atoms with Crippen LogP contribution in [0.15, 0.2) is 42.5 Å². The van der Waals surface area contributed by atoms with E-state index in [1.54, 1.807) is 25.3 Å². The van der Waals surface area contributed by atoms with Crippen LogP contribution in [-0.2, 0) is 11.3 Å². The summed E-state index contributed by atoms with van der Waals surface area (Å²) < 4.78 is 5.28. The first kappa shape index (κ1) is 20.0. The number of nitrogens with zero attached hydrogens (tertiary/aromatic N) is 2. The fraction of sp³-hybridized carbons (Fsp3) is 0.350. The Labute approximate surface area is 169 Å². The van der Waals surface area contributed by atoms with Gasteiger partial charge in [-0.15, -0.1) is 0 Å². The van der Waals surface area contributed by atoms with E-state index in [9.17, 15) is 4.79 Å². The molecule has 27 heavy (non-hydrogen) atoms. The van der Waals surface area contributed by atoms with E-state index in [0.717, 1.165) is 38.5 Å². The molecule has 5 nitrogen and oxygen atoms in total. The molecule has 2 aromatic carbocycles. The third-order valence-electron chi connectivity index (χ3n) is 4.58. The van der Waals surface area contributed by atoms with Crippen molar-refractivity contribution in [1.82, 2.24) is 9.80 Å². The van der Waals surface area contributed by atoms with Gasteiger partial charge in [-0.1, -0.05) is 35.3 Å². The van der Waals surface area contributed by atoms with Gasteiger partial charge in [0.25, 0.3) is 0 Å². The van der Waals surface area contributed by atoms with Gasteiger partial charge in [0.05, 0.1) is 23.7 Å². The summed E-state index contributed by atoms with van der Waals surface area (Å²) >= 11 is 11.9. The van der Waals surface area contributed by atoms with Gasteiger partial charge in [0.15, 0.2) is 0 Å². The maximum atomic E-state index is 12.3. The topological polar surface area (TPSA) is 44.8 Å². The molecule has 1 aliphatic rings. The molecule has 1 saturated heterocycles. The fourth-order valence-electron chi connectivity index (χ4n) is 3.11. The molecule has 1 heterocycles. The highest BCUT2D eigenvalue weighted by molar-refractivity contribution is 6.42. The third-order valence-corrected chi connectivity index (χ3v) is 5.31. The molecule has 0 unspecified atom stereocenters. The van der Waals surface area contributed by atoms with Crippen molar-refractivity contribution in [2.45, 2.75) is 6.54 Å². The van der Waals surface area contributed by atoms with Gasteiger partial charge in [-0.05, 0) is 35.9 Å². The van der Waals surface area contributed by atoms with Crippen molar-refractivity contribution in [3.63, 3.8) is 0 Å². The number of benzene rings is 2. The number of piperazine rings is 1. The molecule has 0 spiro atoms. The molecule has 144 valence electrons. The van der Waals surface area contributed by atoms with Crippen LogP contribution in [0.5, 0.6) is 5.75 Å². The van der Waals surface area contributed by atoms with Gasteiger partial charge in [0, 0.05) is 38.4 Å². The number of hydrogen-bond donors (Lipinski definition) is 1. The Kier molecular flexibility index (Phi) is 6.96. The molecule has 1 amide bonds. The van der Waals surface area contributed by atoms with Crippen LogP contribution >= 0.6 is 23.2 Å². The maximum absolute atomic E-state index is 12.3. The van der Waals surface area contributed by atoms with Crippen LogP contribution in [0.4, 0.5) is 5.69 Å². The number of hydrogen-bond acceptors (Lipinski definition) is 4. The molecule has 1 fully saturated rings. The zero-order chi connectivity index (χ0) is 19.2. The first-order chi connectivity index (χ1) is 13.0. The zero-order valence-electron chi connectivity index (χ0n) is 15.3. The van der Waals surface area contributed by atoms with E-state index in [2.05, 4.69) is 27.2 Å². The third kappa shape index (κ3) is 5.84. The highest BCUT2D eigenvalue weighted by Gasteiger charge is 2.19. The normalized spacial score (nSPS) is 15.5. The Bertz CT molecular complexity index is 793.